The molecule has 1 aliphatic carbocycles. The first-order valence-corrected chi connectivity index (χ1v) is 8.98. The molecule has 0 saturated heterocycles. The van der Waals surface area contributed by atoms with Crippen molar-refractivity contribution < 1.29 is 14.1 Å². The zero-order chi connectivity index (χ0) is 16.8. The smallest absolute Gasteiger partial charge is 0.228 e. The summed E-state index contributed by atoms with van der Waals surface area (Å²) >= 11 is 0.648. The van der Waals surface area contributed by atoms with Crippen LogP contribution in [0.4, 0.5) is 5.69 Å². The van der Waals surface area contributed by atoms with Crippen molar-refractivity contribution >= 4 is 23.6 Å². The molecule has 0 bridgehead atoms. The van der Waals surface area contributed by atoms with Gasteiger partial charge in [0.15, 0.2) is 0 Å². The van der Waals surface area contributed by atoms with Crippen LogP contribution in [0.1, 0.15) is 31.2 Å². The Hall–Kier alpha value is -1.98. The molecule has 2 aromatic carbocycles. The highest BCUT2D eigenvalue weighted by Crippen LogP contribution is 2.33. The van der Waals surface area contributed by atoms with E-state index in [2.05, 4.69) is 5.32 Å². The number of nitrogens with one attached hydrogen (secondary N) is 1. The van der Waals surface area contributed by atoms with Crippen molar-refractivity contribution in [3.8, 4) is 5.75 Å². The van der Waals surface area contributed by atoms with Crippen LogP contribution in [0.2, 0.25) is 0 Å². The van der Waals surface area contributed by atoms with Gasteiger partial charge in [0.2, 0.25) is 5.91 Å². The summed E-state index contributed by atoms with van der Waals surface area (Å²) in [7, 11) is 0. The fourth-order valence-electron chi connectivity index (χ4n) is 2.93. The van der Waals surface area contributed by atoms with Crippen LogP contribution in [0, 0.1) is 0 Å². The fraction of sp³-hybridized carbons (Fsp3) is 0.316. The summed E-state index contributed by atoms with van der Waals surface area (Å²) in [5, 5.41) is 2.87. The highest BCUT2D eigenvalue weighted by molar-refractivity contribution is 7.93. The second-order valence-corrected chi connectivity index (χ2v) is 6.61. The van der Waals surface area contributed by atoms with Crippen molar-refractivity contribution in [3.63, 3.8) is 0 Å². The predicted molar refractivity (Wildman–Crippen MR) is 96.6 cm³/mol. The Bertz CT molecular complexity index is 684. The van der Waals surface area contributed by atoms with Gasteiger partial charge in [-0.15, -0.1) is 0 Å². The summed E-state index contributed by atoms with van der Waals surface area (Å²) in [6.45, 7) is 0. The van der Waals surface area contributed by atoms with Crippen LogP contribution in [0.25, 0.3) is 0 Å². The Labute approximate surface area is 146 Å². The van der Waals surface area contributed by atoms with E-state index in [1.807, 2.05) is 42.5 Å². The van der Waals surface area contributed by atoms with Gasteiger partial charge in [-0.3, -0.25) is 4.79 Å². The van der Waals surface area contributed by atoms with E-state index >= 15 is 0 Å². The summed E-state index contributed by atoms with van der Waals surface area (Å²) in [6, 6.07) is 15.0. The van der Waals surface area contributed by atoms with E-state index in [-0.39, 0.29) is 12.0 Å². The minimum atomic E-state index is -0.0837. The van der Waals surface area contributed by atoms with Gasteiger partial charge in [0.25, 0.3) is 0 Å². The van der Waals surface area contributed by atoms with Crippen molar-refractivity contribution in [2.45, 2.75) is 43.1 Å². The van der Waals surface area contributed by atoms with Crippen molar-refractivity contribution in [1.29, 1.82) is 0 Å². The molecule has 24 heavy (non-hydrogen) atoms. The van der Waals surface area contributed by atoms with Crippen molar-refractivity contribution in [2.75, 3.05) is 5.32 Å². The third-order valence-electron chi connectivity index (χ3n) is 4.13. The number of ether oxygens (including phenoxy) is 1. The van der Waals surface area contributed by atoms with E-state index in [0.717, 1.165) is 18.4 Å². The fourth-order valence-corrected chi connectivity index (χ4v) is 3.31. The molecule has 5 heteroatoms. The molecule has 0 atom stereocenters. The summed E-state index contributed by atoms with van der Waals surface area (Å²) in [5.74, 6) is 0.593. The van der Waals surface area contributed by atoms with Gasteiger partial charge in [-0.1, -0.05) is 30.3 Å². The average Bonchev–Trinajstić information content (AvgIpc) is 3.10. The summed E-state index contributed by atoms with van der Waals surface area (Å²) < 4.78 is 15.5. The summed E-state index contributed by atoms with van der Waals surface area (Å²) in [5.41, 5.74) is 1.62. The molecule has 2 N–H and O–H groups in total. The van der Waals surface area contributed by atoms with Gasteiger partial charge in [-0.25, -0.2) is 0 Å². The van der Waals surface area contributed by atoms with Gasteiger partial charge in [0.05, 0.1) is 17.4 Å². The van der Waals surface area contributed by atoms with Gasteiger partial charge in [-0.2, -0.15) is 0 Å². The first kappa shape index (κ1) is 16.9. The normalized spacial score (nSPS) is 14.5. The number of carbonyl (C=O) groups excluding carboxylic acids is 1. The maximum absolute atomic E-state index is 12.1. The molecule has 0 heterocycles. The van der Waals surface area contributed by atoms with Crippen LogP contribution in [0.15, 0.2) is 53.4 Å². The van der Waals surface area contributed by atoms with E-state index in [1.165, 1.54) is 12.8 Å². The van der Waals surface area contributed by atoms with Crippen LogP contribution in [0.3, 0.4) is 0 Å². The molecule has 0 aliphatic heterocycles. The lowest BCUT2D eigenvalue weighted by molar-refractivity contribution is -0.115. The Balaban J connectivity index is 1.64. The molecule has 0 spiro atoms. The third-order valence-corrected chi connectivity index (χ3v) is 4.64. The molecule has 1 fully saturated rings. The second-order valence-electron chi connectivity index (χ2n) is 5.99. The van der Waals surface area contributed by atoms with Crippen LogP contribution in [-0.2, 0) is 11.2 Å². The average molecular weight is 343 g/mol. The van der Waals surface area contributed by atoms with Crippen LogP contribution < -0.4 is 10.1 Å². The van der Waals surface area contributed by atoms with E-state index < -0.39 is 0 Å². The molecule has 0 unspecified atom stereocenters. The molecular weight excluding hydrogens is 322 g/mol. The number of carbonyl (C=O) groups is 1. The molecule has 2 aromatic rings. The largest absolute Gasteiger partial charge is 0.489 e. The summed E-state index contributed by atoms with van der Waals surface area (Å²) in [4.78, 5) is 12.8. The van der Waals surface area contributed by atoms with Crippen molar-refractivity contribution in [2.24, 2.45) is 0 Å². The lowest BCUT2D eigenvalue weighted by Gasteiger charge is -2.16. The molecule has 1 amide bonds. The zero-order valence-corrected chi connectivity index (χ0v) is 14.2. The van der Waals surface area contributed by atoms with Crippen molar-refractivity contribution in [3.05, 3.63) is 54.1 Å². The number of hydrogen-bond donors (Lipinski definition) is 2. The SMILES string of the molecule is O=C(Cc1ccccc1)Nc1ccc(OC2CCCC2)c(SO)c1. The van der Waals surface area contributed by atoms with Gasteiger partial charge >= 0.3 is 0 Å². The Morgan fingerprint density at radius 3 is 2.62 bits per heavy atom. The number of amides is 1. The molecule has 0 aromatic heterocycles. The van der Waals surface area contributed by atoms with Gasteiger partial charge < -0.3 is 14.6 Å². The Kier molecular flexibility index (Phi) is 5.77. The predicted octanol–water partition coefficient (Wildman–Crippen LogP) is 4.75. The van der Waals surface area contributed by atoms with Crippen molar-refractivity contribution in [1.82, 2.24) is 0 Å². The van der Waals surface area contributed by atoms with Gasteiger partial charge in [-0.05, 0) is 49.4 Å². The molecule has 3 rings (SSSR count). The number of benzene rings is 2. The highest BCUT2D eigenvalue weighted by Gasteiger charge is 2.18. The molecule has 1 aliphatic rings. The van der Waals surface area contributed by atoms with Crippen LogP contribution >= 0.6 is 12.0 Å². The maximum Gasteiger partial charge on any atom is 0.228 e. The zero-order valence-electron chi connectivity index (χ0n) is 13.4. The Morgan fingerprint density at radius 1 is 1.17 bits per heavy atom. The minimum Gasteiger partial charge on any atom is -0.489 e. The summed E-state index contributed by atoms with van der Waals surface area (Å²) in [6.07, 6.45) is 5.06. The van der Waals surface area contributed by atoms with E-state index in [4.69, 9.17) is 4.74 Å². The standard InChI is InChI=1S/C19H21NO3S/c21-19(12-14-6-2-1-3-7-14)20-15-10-11-17(18(13-15)24-22)23-16-8-4-5-9-16/h1-3,6-7,10-11,13,16,22H,4-5,8-9,12H2,(H,20,21). The first-order chi connectivity index (χ1) is 11.7. The minimum absolute atomic E-state index is 0.0837. The van der Waals surface area contributed by atoms with E-state index in [0.29, 0.717) is 34.8 Å². The molecule has 1 saturated carbocycles. The number of hydrogen-bond acceptors (Lipinski definition) is 4. The molecule has 4 nitrogen and oxygen atoms in total. The van der Waals surface area contributed by atoms with Crippen LogP contribution in [0.5, 0.6) is 5.75 Å². The first-order valence-electron chi connectivity index (χ1n) is 8.20. The van der Waals surface area contributed by atoms with Gasteiger partial charge in [0.1, 0.15) is 5.75 Å². The Morgan fingerprint density at radius 2 is 1.92 bits per heavy atom. The highest BCUT2D eigenvalue weighted by atomic mass is 32.2. The number of rotatable bonds is 6. The van der Waals surface area contributed by atoms with E-state index in [1.54, 1.807) is 6.07 Å². The topological polar surface area (TPSA) is 58.6 Å². The molecule has 0 radical (unpaired) electrons. The second kappa shape index (κ2) is 8.22. The van der Waals surface area contributed by atoms with Crippen LogP contribution in [-0.4, -0.2) is 16.6 Å². The molecular formula is C19H21NO3S. The number of anilines is 1. The third kappa shape index (κ3) is 4.52. The lowest BCUT2D eigenvalue weighted by atomic mass is 10.1. The lowest BCUT2D eigenvalue weighted by Crippen LogP contribution is -2.15. The van der Waals surface area contributed by atoms with Gasteiger partial charge in [0, 0.05) is 17.7 Å². The monoisotopic (exact) mass is 343 g/mol. The van der Waals surface area contributed by atoms with E-state index in [9.17, 15) is 9.35 Å². The maximum atomic E-state index is 12.1. The molecule has 126 valence electrons. The quantitative estimate of drug-likeness (QED) is 0.743.